The monoisotopic (exact) mass is 223 g/mol. The molecule has 0 bridgehead atoms. The Morgan fingerprint density at radius 1 is 0.875 bits per heavy atom. The van der Waals surface area contributed by atoms with Crippen LogP contribution in [0.3, 0.4) is 0 Å². The van der Waals surface area contributed by atoms with Crippen molar-refractivity contribution in [2.45, 2.75) is 54.9 Å². The molecule has 0 radical (unpaired) electrons. The van der Waals surface area contributed by atoms with Crippen LogP contribution in [-0.4, -0.2) is 24.5 Å². The van der Waals surface area contributed by atoms with Crippen LogP contribution in [0.4, 0.5) is 0 Å². The highest BCUT2D eigenvalue weighted by atomic mass is 15.1. The SMILES string of the molecule is CCCN1CC(C(C)(C)C)=C(C(C)(C)C)C1. The summed E-state index contributed by atoms with van der Waals surface area (Å²) in [6.45, 7) is 20.0. The molecule has 0 aromatic carbocycles. The molecule has 1 rings (SSSR count). The van der Waals surface area contributed by atoms with Crippen molar-refractivity contribution in [1.29, 1.82) is 0 Å². The standard InChI is InChI=1S/C15H29N/c1-8-9-16-10-12(14(2,3)4)13(11-16)15(5,6)7/h8-11H2,1-7H3. The molecule has 0 amide bonds. The molecule has 0 aromatic heterocycles. The largest absolute Gasteiger partial charge is 0.295 e. The summed E-state index contributed by atoms with van der Waals surface area (Å²) in [6.07, 6.45) is 1.26. The summed E-state index contributed by atoms with van der Waals surface area (Å²) in [5.41, 5.74) is 4.00. The van der Waals surface area contributed by atoms with E-state index < -0.39 is 0 Å². The summed E-state index contributed by atoms with van der Waals surface area (Å²) < 4.78 is 0. The lowest BCUT2D eigenvalue weighted by Gasteiger charge is -2.28. The van der Waals surface area contributed by atoms with Crippen LogP contribution < -0.4 is 0 Å². The lowest BCUT2D eigenvalue weighted by molar-refractivity contribution is 0.321. The van der Waals surface area contributed by atoms with Gasteiger partial charge in [-0.25, -0.2) is 0 Å². The van der Waals surface area contributed by atoms with Crippen LogP contribution in [0.2, 0.25) is 0 Å². The van der Waals surface area contributed by atoms with Gasteiger partial charge in [0.2, 0.25) is 0 Å². The molecule has 16 heavy (non-hydrogen) atoms. The Morgan fingerprint density at radius 3 is 1.50 bits per heavy atom. The summed E-state index contributed by atoms with van der Waals surface area (Å²) >= 11 is 0. The van der Waals surface area contributed by atoms with E-state index in [1.54, 1.807) is 11.1 Å². The Hall–Kier alpha value is -0.300. The van der Waals surface area contributed by atoms with E-state index in [1.165, 1.54) is 26.1 Å². The first-order chi connectivity index (χ1) is 7.16. The van der Waals surface area contributed by atoms with Crippen molar-refractivity contribution in [2.24, 2.45) is 10.8 Å². The quantitative estimate of drug-likeness (QED) is 0.637. The Balaban J connectivity index is 2.96. The van der Waals surface area contributed by atoms with Crippen LogP contribution in [-0.2, 0) is 0 Å². The lowest BCUT2D eigenvalue weighted by Crippen LogP contribution is -2.25. The molecule has 0 aromatic rings. The third-order valence-corrected chi connectivity index (χ3v) is 3.48. The second-order valence-corrected chi connectivity index (χ2v) is 7.17. The van der Waals surface area contributed by atoms with Gasteiger partial charge in [0, 0.05) is 13.1 Å². The maximum atomic E-state index is 2.60. The molecule has 0 saturated carbocycles. The zero-order chi connectivity index (χ0) is 12.6. The topological polar surface area (TPSA) is 3.24 Å². The number of hydrogen-bond donors (Lipinski definition) is 0. The molecule has 0 N–H and O–H groups in total. The fraction of sp³-hybridized carbons (Fsp3) is 0.867. The third kappa shape index (κ3) is 3.10. The second kappa shape index (κ2) is 4.52. The van der Waals surface area contributed by atoms with Gasteiger partial charge in [0.15, 0.2) is 0 Å². The van der Waals surface area contributed by atoms with Gasteiger partial charge in [0.25, 0.3) is 0 Å². The van der Waals surface area contributed by atoms with Crippen LogP contribution >= 0.6 is 0 Å². The second-order valence-electron chi connectivity index (χ2n) is 7.17. The molecular weight excluding hydrogens is 194 g/mol. The molecule has 1 heteroatoms. The molecule has 0 fully saturated rings. The molecule has 1 aliphatic rings. The van der Waals surface area contributed by atoms with Crippen LogP contribution in [0.15, 0.2) is 11.1 Å². The van der Waals surface area contributed by atoms with Gasteiger partial charge in [-0.3, -0.25) is 4.90 Å². The average Bonchev–Trinajstić information content (AvgIpc) is 2.47. The maximum absolute atomic E-state index is 2.60. The predicted octanol–water partition coefficient (Wildman–Crippen LogP) is 4.10. The van der Waals surface area contributed by atoms with Crippen molar-refractivity contribution >= 4 is 0 Å². The minimum Gasteiger partial charge on any atom is -0.295 e. The maximum Gasteiger partial charge on any atom is 0.0204 e. The molecule has 0 aliphatic carbocycles. The zero-order valence-electron chi connectivity index (χ0n) is 12.3. The summed E-state index contributed by atoms with van der Waals surface area (Å²) in [7, 11) is 0. The normalized spacial score (nSPS) is 19.7. The molecule has 1 nitrogen and oxygen atoms in total. The highest BCUT2D eigenvalue weighted by Gasteiger charge is 2.34. The van der Waals surface area contributed by atoms with Gasteiger partial charge in [-0.05, 0) is 34.9 Å². The zero-order valence-corrected chi connectivity index (χ0v) is 12.3. The van der Waals surface area contributed by atoms with E-state index in [0.29, 0.717) is 10.8 Å². The minimum absolute atomic E-state index is 0.325. The van der Waals surface area contributed by atoms with Gasteiger partial charge in [0.05, 0.1) is 0 Å². The highest BCUT2D eigenvalue weighted by Crippen LogP contribution is 2.40. The smallest absolute Gasteiger partial charge is 0.0204 e. The van der Waals surface area contributed by atoms with E-state index >= 15 is 0 Å². The molecule has 0 saturated heterocycles. The predicted molar refractivity (Wildman–Crippen MR) is 72.7 cm³/mol. The molecule has 94 valence electrons. The highest BCUT2D eigenvalue weighted by molar-refractivity contribution is 5.31. The van der Waals surface area contributed by atoms with Gasteiger partial charge >= 0.3 is 0 Å². The van der Waals surface area contributed by atoms with E-state index in [-0.39, 0.29) is 0 Å². The fourth-order valence-corrected chi connectivity index (χ4v) is 2.55. The van der Waals surface area contributed by atoms with Gasteiger partial charge in [-0.1, -0.05) is 48.5 Å². The van der Waals surface area contributed by atoms with Gasteiger partial charge < -0.3 is 0 Å². The van der Waals surface area contributed by atoms with E-state index in [9.17, 15) is 0 Å². The van der Waals surface area contributed by atoms with Crippen molar-refractivity contribution in [3.63, 3.8) is 0 Å². The summed E-state index contributed by atoms with van der Waals surface area (Å²) in [5.74, 6) is 0. The summed E-state index contributed by atoms with van der Waals surface area (Å²) in [5, 5.41) is 0. The Labute approximate surface area is 102 Å². The van der Waals surface area contributed by atoms with Gasteiger partial charge in [-0.15, -0.1) is 0 Å². The van der Waals surface area contributed by atoms with Crippen molar-refractivity contribution < 1.29 is 0 Å². The third-order valence-electron chi connectivity index (χ3n) is 3.48. The van der Waals surface area contributed by atoms with Gasteiger partial charge in [0.1, 0.15) is 0 Å². The Morgan fingerprint density at radius 2 is 1.25 bits per heavy atom. The van der Waals surface area contributed by atoms with Crippen LogP contribution in [0.1, 0.15) is 54.9 Å². The Bertz CT molecular complexity index is 247. The number of hydrogen-bond acceptors (Lipinski definition) is 1. The lowest BCUT2D eigenvalue weighted by atomic mass is 9.76. The van der Waals surface area contributed by atoms with Crippen molar-refractivity contribution in [3.05, 3.63) is 11.1 Å². The minimum atomic E-state index is 0.325. The molecular formula is C15H29N. The van der Waals surface area contributed by atoms with Crippen molar-refractivity contribution in [3.8, 4) is 0 Å². The average molecular weight is 223 g/mol. The van der Waals surface area contributed by atoms with Crippen LogP contribution in [0.5, 0.6) is 0 Å². The first kappa shape index (κ1) is 13.8. The van der Waals surface area contributed by atoms with E-state index in [1.807, 2.05) is 0 Å². The first-order valence-electron chi connectivity index (χ1n) is 6.61. The summed E-state index contributed by atoms with van der Waals surface area (Å²) in [6, 6.07) is 0. The molecule has 1 heterocycles. The fourth-order valence-electron chi connectivity index (χ4n) is 2.55. The first-order valence-corrected chi connectivity index (χ1v) is 6.61. The summed E-state index contributed by atoms with van der Waals surface area (Å²) in [4.78, 5) is 2.60. The molecule has 0 atom stereocenters. The van der Waals surface area contributed by atoms with Crippen LogP contribution in [0, 0.1) is 10.8 Å². The van der Waals surface area contributed by atoms with E-state index in [4.69, 9.17) is 0 Å². The van der Waals surface area contributed by atoms with Crippen LogP contribution in [0.25, 0.3) is 0 Å². The van der Waals surface area contributed by atoms with Crippen molar-refractivity contribution in [1.82, 2.24) is 4.90 Å². The molecule has 0 unspecified atom stereocenters. The van der Waals surface area contributed by atoms with Gasteiger partial charge in [-0.2, -0.15) is 0 Å². The molecule has 0 spiro atoms. The number of rotatable bonds is 2. The van der Waals surface area contributed by atoms with E-state index in [2.05, 4.69) is 53.4 Å². The van der Waals surface area contributed by atoms with E-state index in [0.717, 1.165) is 0 Å². The molecule has 1 aliphatic heterocycles. The Kier molecular flexibility index (Phi) is 3.89. The number of nitrogens with zero attached hydrogens (tertiary/aromatic N) is 1. The van der Waals surface area contributed by atoms with Crippen molar-refractivity contribution in [2.75, 3.05) is 19.6 Å².